The topological polar surface area (TPSA) is 91.4 Å². The number of benzene rings is 2. The third-order valence-corrected chi connectivity index (χ3v) is 5.56. The number of ether oxygens (including phenoxy) is 1. The molecule has 2 aromatic carbocycles. The zero-order valence-electron chi connectivity index (χ0n) is 18.0. The first kappa shape index (κ1) is 22.3. The molecule has 0 spiro atoms. The minimum Gasteiger partial charge on any atom is -0.466 e. The number of rotatable bonds is 10. The average Bonchev–Trinajstić information content (AvgIpc) is 3.00. The molecule has 1 amide bonds. The quantitative estimate of drug-likeness (QED) is 0.400. The third kappa shape index (κ3) is 5.02. The first-order valence-corrected chi connectivity index (χ1v) is 10.5. The molecule has 3 aromatic rings. The highest BCUT2D eigenvalue weighted by Gasteiger charge is 2.24. The van der Waals surface area contributed by atoms with Gasteiger partial charge in [-0.1, -0.05) is 42.5 Å². The normalized spacial score (nSPS) is 11.9. The summed E-state index contributed by atoms with van der Waals surface area (Å²) in [5.41, 5.74) is 10.2. The van der Waals surface area contributed by atoms with Gasteiger partial charge in [0.2, 0.25) is 5.91 Å². The maximum absolute atomic E-state index is 12.6. The highest BCUT2D eigenvalue weighted by molar-refractivity contribution is 5.91. The van der Waals surface area contributed by atoms with Crippen LogP contribution in [0.1, 0.15) is 48.1 Å². The lowest BCUT2D eigenvalue weighted by Gasteiger charge is -2.16. The molecule has 31 heavy (non-hydrogen) atoms. The summed E-state index contributed by atoms with van der Waals surface area (Å²) in [5, 5.41) is 0.939. The number of aldehydes is 1. The third-order valence-electron chi connectivity index (χ3n) is 5.56. The zero-order chi connectivity index (χ0) is 22.4. The van der Waals surface area contributed by atoms with Gasteiger partial charge in [0.1, 0.15) is 6.29 Å². The number of carbonyl (C=O) groups is 3. The van der Waals surface area contributed by atoms with Crippen LogP contribution in [0.4, 0.5) is 0 Å². The number of carbonyl (C=O) groups excluding carboxylic acids is 3. The highest BCUT2D eigenvalue weighted by Crippen LogP contribution is 2.32. The molecule has 162 valence electrons. The van der Waals surface area contributed by atoms with Gasteiger partial charge in [0.15, 0.2) is 0 Å². The Balaban J connectivity index is 2.13. The van der Waals surface area contributed by atoms with Crippen LogP contribution in [-0.2, 0) is 32.1 Å². The van der Waals surface area contributed by atoms with Crippen LogP contribution in [0.3, 0.4) is 0 Å². The van der Waals surface area contributed by atoms with Crippen molar-refractivity contribution < 1.29 is 19.1 Å². The molecule has 1 heterocycles. The van der Waals surface area contributed by atoms with Gasteiger partial charge in [0.05, 0.1) is 18.9 Å². The molecule has 0 bridgehead atoms. The molecule has 0 fully saturated rings. The molecule has 0 saturated carbocycles. The summed E-state index contributed by atoms with van der Waals surface area (Å²) in [6, 6.07) is 15.8. The lowest BCUT2D eigenvalue weighted by atomic mass is 9.93. The molecule has 0 aliphatic rings. The Kier molecular flexibility index (Phi) is 7.23. The van der Waals surface area contributed by atoms with E-state index in [0.29, 0.717) is 13.0 Å². The minimum atomic E-state index is -0.519. The van der Waals surface area contributed by atoms with E-state index in [1.807, 2.05) is 55.5 Å². The second-order valence-corrected chi connectivity index (χ2v) is 7.60. The molecule has 0 saturated heterocycles. The fraction of sp³-hybridized carbons (Fsp3) is 0.320. The Morgan fingerprint density at radius 2 is 1.90 bits per heavy atom. The van der Waals surface area contributed by atoms with E-state index < -0.39 is 5.92 Å². The summed E-state index contributed by atoms with van der Waals surface area (Å²) in [7, 11) is 0. The van der Waals surface area contributed by atoms with Crippen LogP contribution in [0.5, 0.6) is 0 Å². The van der Waals surface area contributed by atoms with Gasteiger partial charge in [-0.15, -0.1) is 0 Å². The fourth-order valence-electron chi connectivity index (χ4n) is 4.05. The smallest absolute Gasteiger partial charge is 0.313 e. The van der Waals surface area contributed by atoms with Gasteiger partial charge in [-0.3, -0.25) is 9.59 Å². The number of aromatic nitrogens is 1. The van der Waals surface area contributed by atoms with Gasteiger partial charge < -0.3 is 19.8 Å². The number of hydrogen-bond acceptors (Lipinski definition) is 4. The first-order valence-electron chi connectivity index (χ1n) is 10.5. The van der Waals surface area contributed by atoms with E-state index in [0.717, 1.165) is 39.6 Å². The molecule has 6 nitrogen and oxygen atoms in total. The predicted octanol–water partition coefficient (Wildman–Crippen LogP) is 3.65. The monoisotopic (exact) mass is 420 g/mol. The molecule has 1 unspecified atom stereocenters. The van der Waals surface area contributed by atoms with Crippen LogP contribution in [0, 0.1) is 6.92 Å². The van der Waals surface area contributed by atoms with E-state index in [9.17, 15) is 14.4 Å². The number of nitrogens with zero attached hydrogens (tertiary/aromatic N) is 1. The Hall–Kier alpha value is -3.41. The van der Waals surface area contributed by atoms with Crippen molar-refractivity contribution in [3.8, 4) is 0 Å². The van der Waals surface area contributed by atoms with Crippen molar-refractivity contribution in [2.24, 2.45) is 5.73 Å². The van der Waals surface area contributed by atoms with E-state index >= 15 is 0 Å². The summed E-state index contributed by atoms with van der Waals surface area (Å²) in [6.45, 7) is 4.66. The lowest BCUT2D eigenvalue weighted by Crippen LogP contribution is -2.16. The number of amides is 1. The van der Waals surface area contributed by atoms with Gasteiger partial charge in [0, 0.05) is 29.6 Å². The van der Waals surface area contributed by atoms with Gasteiger partial charge >= 0.3 is 5.97 Å². The molecule has 0 radical (unpaired) electrons. The molecular weight excluding hydrogens is 392 g/mol. The standard InChI is InChI=1S/C25H28N2O4/c1-3-31-25(30)20(10-7-13-28)19-11-12-21-22(15-24(26)29)17(2)27(23(21)14-19)16-18-8-5-4-6-9-18/h4-6,8-9,11-14,20H,3,7,10,15-16H2,1-2H3,(H2,26,29). The van der Waals surface area contributed by atoms with Crippen molar-refractivity contribution in [3.63, 3.8) is 0 Å². The van der Waals surface area contributed by atoms with Gasteiger partial charge in [-0.05, 0) is 43.0 Å². The molecule has 1 atom stereocenters. The molecule has 3 rings (SSSR count). The summed E-state index contributed by atoms with van der Waals surface area (Å²) in [6.07, 6.45) is 1.63. The number of esters is 1. The van der Waals surface area contributed by atoms with Crippen molar-refractivity contribution in [1.29, 1.82) is 0 Å². The molecular formula is C25H28N2O4. The Morgan fingerprint density at radius 1 is 1.16 bits per heavy atom. The Bertz CT molecular complexity index is 1090. The molecule has 0 aliphatic carbocycles. The van der Waals surface area contributed by atoms with Gasteiger partial charge in [0.25, 0.3) is 0 Å². The highest BCUT2D eigenvalue weighted by atomic mass is 16.5. The second-order valence-electron chi connectivity index (χ2n) is 7.60. The van der Waals surface area contributed by atoms with Crippen LogP contribution in [-0.4, -0.2) is 29.3 Å². The predicted molar refractivity (Wildman–Crippen MR) is 120 cm³/mol. The zero-order valence-corrected chi connectivity index (χ0v) is 18.0. The molecule has 0 aliphatic heterocycles. The maximum atomic E-state index is 12.6. The summed E-state index contributed by atoms with van der Waals surface area (Å²) < 4.78 is 7.40. The van der Waals surface area contributed by atoms with Gasteiger partial charge in [-0.2, -0.15) is 0 Å². The first-order chi connectivity index (χ1) is 15.0. The number of hydrogen-bond donors (Lipinski definition) is 1. The lowest BCUT2D eigenvalue weighted by molar-refractivity contribution is -0.145. The van der Waals surface area contributed by atoms with E-state index in [2.05, 4.69) is 4.57 Å². The van der Waals surface area contributed by atoms with Crippen molar-refractivity contribution in [2.45, 2.75) is 45.6 Å². The number of nitrogens with two attached hydrogens (primary N) is 1. The van der Waals surface area contributed by atoms with E-state index in [1.54, 1.807) is 6.92 Å². The van der Waals surface area contributed by atoms with E-state index in [-0.39, 0.29) is 31.3 Å². The molecule has 6 heteroatoms. The van der Waals surface area contributed by atoms with Crippen molar-refractivity contribution in [1.82, 2.24) is 4.57 Å². The van der Waals surface area contributed by atoms with Crippen LogP contribution in [0.2, 0.25) is 0 Å². The van der Waals surface area contributed by atoms with Crippen LogP contribution in [0.25, 0.3) is 10.9 Å². The fourth-order valence-corrected chi connectivity index (χ4v) is 4.05. The maximum Gasteiger partial charge on any atom is 0.313 e. The van der Waals surface area contributed by atoms with Crippen LogP contribution >= 0.6 is 0 Å². The number of primary amides is 1. The average molecular weight is 421 g/mol. The van der Waals surface area contributed by atoms with Crippen molar-refractivity contribution >= 4 is 29.1 Å². The van der Waals surface area contributed by atoms with Gasteiger partial charge in [-0.25, -0.2) is 0 Å². The van der Waals surface area contributed by atoms with Crippen molar-refractivity contribution in [2.75, 3.05) is 6.61 Å². The van der Waals surface area contributed by atoms with Crippen LogP contribution in [0.15, 0.2) is 48.5 Å². The Labute approximate surface area is 182 Å². The van der Waals surface area contributed by atoms with E-state index in [4.69, 9.17) is 10.5 Å². The largest absolute Gasteiger partial charge is 0.466 e. The SMILES string of the molecule is CCOC(=O)C(CCC=O)c1ccc2c(CC(N)=O)c(C)n(Cc3ccccc3)c2c1. The minimum absolute atomic E-state index is 0.149. The van der Waals surface area contributed by atoms with Crippen molar-refractivity contribution in [3.05, 3.63) is 70.9 Å². The summed E-state index contributed by atoms with van der Waals surface area (Å²) >= 11 is 0. The van der Waals surface area contributed by atoms with Crippen LogP contribution < -0.4 is 5.73 Å². The Morgan fingerprint density at radius 3 is 2.55 bits per heavy atom. The second kappa shape index (κ2) is 10.1. The van der Waals surface area contributed by atoms with E-state index in [1.165, 1.54) is 0 Å². The number of fused-ring (bicyclic) bond motifs is 1. The molecule has 2 N–H and O–H groups in total. The molecule has 1 aromatic heterocycles. The summed E-state index contributed by atoms with van der Waals surface area (Å²) in [4.78, 5) is 35.2. The summed E-state index contributed by atoms with van der Waals surface area (Å²) in [5.74, 6) is -1.24.